The van der Waals surface area contributed by atoms with E-state index < -0.39 is 5.82 Å². The van der Waals surface area contributed by atoms with Crippen molar-refractivity contribution in [3.63, 3.8) is 0 Å². The fourth-order valence-electron chi connectivity index (χ4n) is 3.85. The van der Waals surface area contributed by atoms with E-state index in [2.05, 4.69) is 10.4 Å². The molecule has 0 unspecified atom stereocenters. The molecule has 4 rings (SSSR count). The van der Waals surface area contributed by atoms with Crippen LogP contribution in [0.25, 0.3) is 0 Å². The van der Waals surface area contributed by atoms with Crippen LogP contribution in [0.3, 0.4) is 0 Å². The second-order valence-corrected chi connectivity index (χ2v) is 7.62. The van der Waals surface area contributed by atoms with Gasteiger partial charge < -0.3 is 10.2 Å². The third-order valence-corrected chi connectivity index (χ3v) is 5.73. The Morgan fingerprint density at radius 2 is 2.10 bits per heavy atom. The van der Waals surface area contributed by atoms with Gasteiger partial charge in [-0.25, -0.2) is 14.2 Å². The van der Waals surface area contributed by atoms with Crippen LogP contribution in [0.2, 0.25) is 0 Å². The SMILES string of the molecule is C[C@@H]1Cc2nn3c(c2CN1C(=O)Nc1ccc(F)c(C#N)c1)C(=O)N(C)N(C)CC3. The molecule has 0 saturated carbocycles. The second-order valence-electron chi connectivity index (χ2n) is 7.62. The van der Waals surface area contributed by atoms with Gasteiger partial charge in [0.2, 0.25) is 0 Å². The maximum absolute atomic E-state index is 13.5. The van der Waals surface area contributed by atoms with Gasteiger partial charge in [-0.15, -0.1) is 0 Å². The first-order valence-corrected chi connectivity index (χ1v) is 9.65. The fourth-order valence-corrected chi connectivity index (χ4v) is 3.85. The molecule has 156 valence electrons. The lowest BCUT2D eigenvalue weighted by atomic mass is 9.99. The van der Waals surface area contributed by atoms with Gasteiger partial charge in [-0.1, -0.05) is 0 Å². The lowest BCUT2D eigenvalue weighted by molar-refractivity contribution is 0.0240. The zero-order valence-electron chi connectivity index (χ0n) is 17.0. The van der Waals surface area contributed by atoms with Crippen LogP contribution in [0.5, 0.6) is 0 Å². The average Bonchev–Trinajstić information content (AvgIpc) is 3.03. The maximum atomic E-state index is 13.5. The summed E-state index contributed by atoms with van der Waals surface area (Å²) in [6.45, 7) is 3.40. The number of anilines is 1. The largest absolute Gasteiger partial charge is 0.322 e. The van der Waals surface area contributed by atoms with Crippen molar-refractivity contribution in [1.29, 1.82) is 5.26 Å². The molecule has 0 aliphatic carbocycles. The predicted molar refractivity (Wildman–Crippen MR) is 106 cm³/mol. The van der Waals surface area contributed by atoms with E-state index in [1.165, 1.54) is 12.1 Å². The molecule has 0 saturated heterocycles. The Morgan fingerprint density at radius 1 is 1.33 bits per heavy atom. The third kappa shape index (κ3) is 3.27. The van der Waals surface area contributed by atoms with Crippen LogP contribution in [-0.4, -0.2) is 63.3 Å². The minimum Gasteiger partial charge on any atom is -0.317 e. The highest BCUT2D eigenvalue weighted by Gasteiger charge is 2.36. The van der Waals surface area contributed by atoms with Crippen LogP contribution in [-0.2, 0) is 19.5 Å². The van der Waals surface area contributed by atoms with Gasteiger partial charge in [0.1, 0.15) is 17.6 Å². The van der Waals surface area contributed by atoms with Gasteiger partial charge in [0.05, 0.1) is 24.3 Å². The van der Waals surface area contributed by atoms with Crippen molar-refractivity contribution in [3.05, 3.63) is 46.5 Å². The standard InChI is InChI=1S/C20H22FN7O2/c1-12-8-17-15(18-19(29)26(3)25(2)6-7-28(18)24-17)11-27(12)20(30)23-14-4-5-16(21)13(9-14)10-22/h4-5,9,12H,6-8,11H2,1-3H3,(H,23,30)/t12-/m1/s1. The molecule has 9 nitrogen and oxygen atoms in total. The number of benzene rings is 1. The van der Waals surface area contributed by atoms with Gasteiger partial charge in [0, 0.05) is 44.4 Å². The number of amides is 3. The number of fused-ring (bicyclic) bond motifs is 3. The first-order chi connectivity index (χ1) is 14.3. The summed E-state index contributed by atoms with van der Waals surface area (Å²) in [5, 5.41) is 19.7. The molecule has 1 aromatic carbocycles. The van der Waals surface area contributed by atoms with Crippen LogP contribution >= 0.6 is 0 Å². The molecule has 10 heteroatoms. The first-order valence-electron chi connectivity index (χ1n) is 9.65. The molecule has 0 fully saturated rings. The highest BCUT2D eigenvalue weighted by molar-refractivity contribution is 5.95. The lowest BCUT2D eigenvalue weighted by Gasteiger charge is -2.33. The van der Waals surface area contributed by atoms with Crippen LogP contribution in [0, 0.1) is 17.1 Å². The zero-order chi connectivity index (χ0) is 21.6. The van der Waals surface area contributed by atoms with Gasteiger partial charge in [0.25, 0.3) is 5.91 Å². The van der Waals surface area contributed by atoms with Crippen LogP contribution in [0.1, 0.15) is 34.2 Å². The molecular formula is C20H22FN7O2. The van der Waals surface area contributed by atoms with Gasteiger partial charge in [-0.2, -0.15) is 10.4 Å². The van der Waals surface area contributed by atoms with E-state index in [-0.39, 0.29) is 30.1 Å². The number of hydrazine groups is 1. The number of carbonyl (C=O) groups excluding carboxylic acids is 2. The van der Waals surface area contributed by atoms with Gasteiger partial charge >= 0.3 is 6.03 Å². The highest BCUT2D eigenvalue weighted by Crippen LogP contribution is 2.28. The zero-order valence-corrected chi connectivity index (χ0v) is 17.0. The van der Waals surface area contributed by atoms with Crippen LogP contribution in [0.15, 0.2) is 18.2 Å². The summed E-state index contributed by atoms with van der Waals surface area (Å²) in [7, 11) is 3.56. The molecule has 3 amide bonds. The smallest absolute Gasteiger partial charge is 0.317 e. The number of nitriles is 1. The van der Waals surface area contributed by atoms with Gasteiger partial charge in [-0.3, -0.25) is 14.5 Å². The topological polar surface area (TPSA) is 97.5 Å². The average molecular weight is 411 g/mol. The second kappa shape index (κ2) is 7.42. The molecule has 1 N–H and O–H groups in total. The normalized spacial score (nSPS) is 19.0. The molecule has 3 heterocycles. The van der Waals surface area contributed by atoms with Crippen LogP contribution in [0.4, 0.5) is 14.9 Å². The van der Waals surface area contributed by atoms with Crippen molar-refractivity contribution in [2.45, 2.75) is 32.5 Å². The van der Waals surface area contributed by atoms with E-state index in [0.717, 1.165) is 17.3 Å². The quantitative estimate of drug-likeness (QED) is 0.772. The number of nitrogens with one attached hydrogen (secondary N) is 1. The summed E-state index contributed by atoms with van der Waals surface area (Å²) < 4.78 is 15.3. The van der Waals surface area contributed by atoms with Gasteiger partial charge in [-0.05, 0) is 25.1 Å². The molecule has 0 spiro atoms. The summed E-state index contributed by atoms with van der Waals surface area (Å²) in [5.74, 6) is -0.794. The monoisotopic (exact) mass is 411 g/mol. The van der Waals surface area contributed by atoms with Crippen molar-refractivity contribution in [2.75, 3.05) is 26.0 Å². The number of nitrogens with zero attached hydrogens (tertiary/aromatic N) is 6. The number of carbonyl (C=O) groups is 2. The summed E-state index contributed by atoms with van der Waals surface area (Å²) in [6.07, 6.45) is 0.530. The summed E-state index contributed by atoms with van der Waals surface area (Å²) >= 11 is 0. The van der Waals surface area contributed by atoms with Gasteiger partial charge in [0.15, 0.2) is 0 Å². The molecule has 30 heavy (non-hydrogen) atoms. The number of hydrogen-bond acceptors (Lipinski definition) is 5. The number of halogens is 1. The van der Waals surface area contributed by atoms with E-state index in [4.69, 9.17) is 5.26 Å². The fraction of sp³-hybridized carbons (Fsp3) is 0.400. The van der Waals surface area contributed by atoms with Crippen LogP contribution < -0.4 is 5.32 Å². The molecule has 2 aliphatic heterocycles. The Kier molecular flexibility index (Phi) is 4.91. The van der Waals surface area contributed by atoms with E-state index in [1.54, 1.807) is 27.7 Å². The molecule has 2 aliphatic rings. The predicted octanol–water partition coefficient (Wildman–Crippen LogP) is 1.80. The summed E-state index contributed by atoms with van der Waals surface area (Å²) in [4.78, 5) is 27.5. The number of rotatable bonds is 1. The Balaban J connectivity index is 1.61. The number of hydrogen-bond donors (Lipinski definition) is 1. The number of likely N-dealkylation sites (N-methyl/N-ethyl adjacent to an activating group) is 1. The number of aromatic nitrogens is 2. The molecule has 0 bridgehead atoms. The van der Waals surface area contributed by atoms with Crippen molar-refractivity contribution < 1.29 is 14.0 Å². The Bertz CT molecular complexity index is 1070. The van der Waals surface area contributed by atoms with Crippen molar-refractivity contribution in [3.8, 4) is 6.07 Å². The van der Waals surface area contributed by atoms with Crippen molar-refractivity contribution >= 4 is 17.6 Å². The van der Waals surface area contributed by atoms with E-state index in [0.29, 0.717) is 30.9 Å². The molecule has 1 aromatic heterocycles. The number of urea groups is 1. The highest BCUT2D eigenvalue weighted by atomic mass is 19.1. The molecule has 2 aromatic rings. The van der Waals surface area contributed by atoms with E-state index in [1.807, 2.05) is 19.0 Å². The lowest BCUT2D eigenvalue weighted by Crippen LogP contribution is -2.45. The Labute approximate surface area is 173 Å². The maximum Gasteiger partial charge on any atom is 0.322 e. The van der Waals surface area contributed by atoms with E-state index >= 15 is 0 Å². The molecular weight excluding hydrogens is 389 g/mol. The molecule has 0 radical (unpaired) electrons. The minimum atomic E-state index is -0.637. The van der Waals surface area contributed by atoms with Crippen molar-refractivity contribution in [1.82, 2.24) is 24.7 Å². The Morgan fingerprint density at radius 3 is 2.83 bits per heavy atom. The molecule has 1 atom stereocenters. The third-order valence-electron chi connectivity index (χ3n) is 5.73. The first kappa shape index (κ1) is 19.8. The van der Waals surface area contributed by atoms with Crippen molar-refractivity contribution in [2.24, 2.45) is 0 Å². The Hall–Kier alpha value is -3.45. The summed E-state index contributed by atoms with van der Waals surface area (Å²) in [6, 6.07) is 5.10. The summed E-state index contributed by atoms with van der Waals surface area (Å²) in [5.41, 5.74) is 2.30. The minimum absolute atomic E-state index is 0.136. The van der Waals surface area contributed by atoms with E-state index in [9.17, 15) is 14.0 Å².